The van der Waals surface area contributed by atoms with Gasteiger partial charge in [0, 0.05) is 47.9 Å². The van der Waals surface area contributed by atoms with Crippen LogP contribution in [-0.2, 0) is 19.1 Å². The van der Waals surface area contributed by atoms with E-state index in [1.807, 2.05) is 13.8 Å². The average molecular weight is 522 g/mol. The molecule has 198 valence electrons. The zero-order valence-corrected chi connectivity index (χ0v) is 22.2. The summed E-state index contributed by atoms with van der Waals surface area (Å²) in [6.07, 6.45) is -0.599. The fourth-order valence-electron chi connectivity index (χ4n) is 3.95. The molecule has 0 radical (unpaired) electrons. The van der Waals surface area contributed by atoms with Gasteiger partial charge in [-0.25, -0.2) is 4.79 Å². The highest BCUT2D eigenvalue weighted by Crippen LogP contribution is 2.41. The average Bonchev–Trinajstić information content (AvgIpc) is 2.82. The third kappa shape index (κ3) is 7.87. The molecular weight excluding hydrogens is 486 g/mol. The van der Waals surface area contributed by atoms with E-state index < -0.39 is 34.8 Å². The molecule has 0 spiro atoms. The number of esters is 2. The molecule has 36 heavy (non-hydrogen) atoms. The number of aliphatic imine (C=N–C) groups is 1. The molecule has 0 amide bonds. The van der Waals surface area contributed by atoms with Gasteiger partial charge >= 0.3 is 11.9 Å². The highest BCUT2D eigenvalue weighted by atomic mass is 32.2. The van der Waals surface area contributed by atoms with Crippen molar-refractivity contribution >= 4 is 35.1 Å². The molecule has 0 aliphatic carbocycles. The van der Waals surface area contributed by atoms with Gasteiger partial charge in [0.25, 0.3) is 5.69 Å². The topological polar surface area (TPSA) is 140 Å². The van der Waals surface area contributed by atoms with Gasteiger partial charge in [0.05, 0.1) is 35.5 Å². The van der Waals surface area contributed by atoms with E-state index in [4.69, 9.17) is 9.47 Å². The summed E-state index contributed by atoms with van der Waals surface area (Å²) in [5, 5.41) is 24.9. The number of hydrogen-bond donors (Lipinski definition) is 2. The van der Waals surface area contributed by atoms with E-state index in [9.17, 15) is 24.8 Å². The normalized spacial score (nSPS) is 18.6. The zero-order valence-electron chi connectivity index (χ0n) is 21.4. The Morgan fingerprint density at radius 1 is 1.25 bits per heavy atom. The summed E-state index contributed by atoms with van der Waals surface area (Å²) in [6, 6.07) is 6.12. The lowest BCUT2D eigenvalue weighted by Crippen LogP contribution is -2.37. The standard InChI is InChI=1S/C25H35N3O7S/c1-6-34-24(30)21-16(5)27-20(14-36-13-19(29)12-26-15(3)4)23(25(31)35-7-2)22(21)17-9-8-10-18(11-17)28(32)33/h8-11,15,19,21-22,26,29H,6-7,12-14H2,1-5H3. The second-order valence-corrected chi connectivity index (χ2v) is 9.66. The molecule has 1 aliphatic heterocycles. The van der Waals surface area contributed by atoms with Crippen molar-refractivity contribution in [3.8, 4) is 0 Å². The van der Waals surface area contributed by atoms with Crippen molar-refractivity contribution in [3.63, 3.8) is 0 Å². The molecule has 2 N–H and O–H groups in total. The first-order valence-corrected chi connectivity index (χ1v) is 13.1. The summed E-state index contributed by atoms with van der Waals surface area (Å²) in [4.78, 5) is 41.8. The molecule has 1 aromatic carbocycles. The van der Waals surface area contributed by atoms with Crippen LogP contribution in [0.5, 0.6) is 0 Å². The molecule has 0 saturated heterocycles. The summed E-state index contributed by atoms with van der Waals surface area (Å²) in [7, 11) is 0. The van der Waals surface area contributed by atoms with Crippen molar-refractivity contribution in [2.24, 2.45) is 10.9 Å². The number of nitrogens with one attached hydrogen (secondary N) is 1. The second kappa shape index (κ2) is 14.1. The number of nitro benzene ring substituents is 1. The Morgan fingerprint density at radius 3 is 2.56 bits per heavy atom. The Kier molecular flexibility index (Phi) is 11.5. The van der Waals surface area contributed by atoms with Crippen molar-refractivity contribution in [1.29, 1.82) is 0 Å². The lowest BCUT2D eigenvalue weighted by molar-refractivity contribution is -0.384. The van der Waals surface area contributed by atoms with E-state index in [2.05, 4.69) is 10.3 Å². The van der Waals surface area contributed by atoms with Crippen molar-refractivity contribution < 1.29 is 29.1 Å². The van der Waals surface area contributed by atoms with Crippen LogP contribution in [0.2, 0.25) is 0 Å². The third-order valence-corrected chi connectivity index (χ3v) is 6.60. The van der Waals surface area contributed by atoms with Gasteiger partial charge < -0.3 is 19.9 Å². The molecule has 3 atom stereocenters. The monoisotopic (exact) mass is 521 g/mol. The van der Waals surface area contributed by atoms with E-state index in [-0.39, 0.29) is 36.3 Å². The van der Waals surface area contributed by atoms with Crippen LogP contribution in [-0.4, -0.2) is 71.1 Å². The predicted octanol–water partition coefficient (Wildman–Crippen LogP) is 3.24. The number of benzene rings is 1. The Bertz CT molecular complexity index is 1010. The summed E-state index contributed by atoms with van der Waals surface area (Å²) < 4.78 is 10.6. The minimum Gasteiger partial charge on any atom is -0.465 e. The molecular formula is C25H35N3O7S. The van der Waals surface area contributed by atoms with Gasteiger partial charge in [0.2, 0.25) is 0 Å². The Morgan fingerprint density at radius 2 is 1.94 bits per heavy atom. The van der Waals surface area contributed by atoms with Crippen LogP contribution in [0.25, 0.3) is 0 Å². The summed E-state index contributed by atoms with van der Waals surface area (Å²) >= 11 is 1.40. The number of aliphatic hydroxyl groups is 1. The highest BCUT2D eigenvalue weighted by molar-refractivity contribution is 7.99. The molecule has 3 unspecified atom stereocenters. The number of carbonyl (C=O) groups is 2. The van der Waals surface area contributed by atoms with E-state index >= 15 is 0 Å². The molecule has 1 aromatic rings. The first-order chi connectivity index (χ1) is 17.1. The van der Waals surface area contributed by atoms with Gasteiger partial charge in [-0.3, -0.25) is 19.9 Å². The Labute approximate surface area is 215 Å². The maximum atomic E-state index is 13.2. The second-order valence-electron chi connectivity index (χ2n) is 8.63. The minimum atomic E-state index is -0.944. The molecule has 0 aromatic heterocycles. The van der Waals surface area contributed by atoms with Gasteiger partial charge in [0.1, 0.15) is 5.92 Å². The molecule has 2 rings (SSSR count). The van der Waals surface area contributed by atoms with E-state index in [1.165, 1.54) is 30.0 Å². The number of thioether (sulfide) groups is 1. The molecule has 0 fully saturated rings. The SMILES string of the molecule is CCOC(=O)C1=C(CSCC(O)CNC(C)C)N=C(C)C(C(=O)OCC)C1c1cccc([N+](=O)[O-])c1. The smallest absolute Gasteiger partial charge is 0.336 e. The van der Waals surface area contributed by atoms with Crippen LogP contribution < -0.4 is 5.32 Å². The quantitative estimate of drug-likeness (QED) is 0.227. The fraction of sp³-hybridized carbons (Fsp3) is 0.560. The maximum absolute atomic E-state index is 13.2. The van der Waals surface area contributed by atoms with Crippen LogP contribution in [0.3, 0.4) is 0 Å². The number of non-ortho nitro benzene ring substituents is 1. The number of nitro groups is 1. The van der Waals surface area contributed by atoms with Crippen LogP contribution in [0, 0.1) is 16.0 Å². The highest BCUT2D eigenvalue weighted by Gasteiger charge is 2.43. The summed E-state index contributed by atoms with van der Waals surface area (Å²) in [5.41, 5.74) is 1.29. The first-order valence-electron chi connectivity index (χ1n) is 12.0. The Balaban J connectivity index is 2.53. The third-order valence-electron chi connectivity index (χ3n) is 5.50. The summed E-state index contributed by atoms with van der Waals surface area (Å²) in [6.45, 7) is 9.68. The van der Waals surface area contributed by atoms with Crippen molar-refractivity contribution in [2.45, 2.75) is 52.7 Å². The lowest BCUT2D eigenvalue weighted by Gasteiger charge is -2.32. The van der Waals surface area contributed by atoms with Crippen LogP contribution in [0.1, 0.15) is 46.1 Å². The first kappa shape index (κ1) is 29.5. The van der Waals surface area contributed by atoms with Crippen LogP contribution >= 0.6 is 11.8 Å². The largest absolute Gasteiger partial charge is 0.465 e. The van der Waals surface area contributed by atoms with Gasteiger partial charge in [0.15, 0.2) is 0 Å². The zero-order chi connectivity index (χ0) is 26.8. The fourth-order valence-corrected chi connectivity index (χ4v) is 4.87. The lowest BCUT2D eigenvalue weighted by atomic mass is 9.75. The van der Waals surface area contributed by atoms with Gasteiger partial charge in [-0.1, -0.05) is 26.0 Å². The summed E-state index contributed by atoms with van der Waals surface area (Å²) in [5.74, 6) is -2.34. The molecule has 1 aliphatic rings. The van der Waals surface area contributed by atoms with Gasteiger partial charge in [-0.05, 0) is 26.3 Å². The number of aliphatic hydroxyl groups excluding tert-OH is 1. The molecule has 0 saturated carbocycles. The van der Waals surface area contributed by atoms with Gasteiger partial charge in [-0.15, -0.1) is 0 Å². The van der Waals surface area contributed by atoms with Crippen molar-refractivity contribution in [3.05, 3.63) is 51.2 Å². The van der Waals surface area contributed by atoms with Crippen LogP contribution in [0.15, 0.2) is 40.5 Å². The number of rotatable bonds is 13. The number of hydrogen-bond acceptors (Lipinski definition) is 10. The minimum absolute atomic E-state index is 0.108. The maximum Gasteiger partial charge on any atom is 0.336 e. The number of nitrogens with zero attached hydrogens (tertiary/aromatic N) is 2. The van der Waals surface area contributed by atoms with E-state index in [0.717, 1.165) is 0 Å². The van der Waals surface area contributed by atoms with Crippen molar-refractivity contribution in [2.75, 3.05) is 31.3 Å². The number of carbonyl (C=O) groups excluding carboxylic acids is 2. The van der Waals surface area contributed by atoms with E-state index in [1.54, 1.807) is 26.8 Å². The Hall–Kier alpha value is -2.76. The molecule has 11 heteroatoms. The van der Waals surface area contributed by atoms with E-state index in [0.29, 0.717) is 29.3 Å². The molecule has 1 heterocycles. The predicted molar refractivity (Wildman–Crippen MR) is 139 cm³/mol. The van der Waals surface area contributed by atoms with Crippen molar-refractivity contribution in [1.82, 2.24) is 5.32 Å². The molecule has 10 nitrogen and oxygen atoms in total. The molecule has 0 bridgehead atoms. The number of ether oxygens (including phenoxy) is 2. The van der Waals surface area contributed by atoms with Crippen LogP contribution in [0.4, 0.5) is 5.69 Å². The van der Waals surface area contributed by atoms with Gasteiger partial charge in [-0.2, -0.15) is 11.8 Å².